The fraction of sp³-hybridized carbons (Fsp3) is 0.136. The smallest absolute Gasteiger partial charge is 0.338 e. The fourth-order valence-corrected chi connectivity index (χ4v) is 4.01. The highest BCUT2D eigenvalue weighted by Crippen LogP contribution is 2.32. The molecular formula is C22H17Cl2N3O4. The van der Waals surface area contributed by atoms with E-state index >= 15 is 0 Å². The van der Waals surface area contributed by atoms with Gasteiger partial charge >= 0.3 is 5.97 Å². The van der Waals surface area contributed by atoms with Crippen molar-refractivity contribution in [2.24, 2.45) is 0 Å². The molecule has 1 unspecified atom stereocenters. The summed E-state index contributed by atoms with van der Waals surface area (Å²) in [5.41, 5.74) is 4.02. The molecular weight excluding hydrogens is 441 g/mol. The first-order valence-electron chi connectivity index (χ1n) is 9.42. The summed E-state index contributed by atoms with van der Waals surface area (Å²) in [7, 11) is 0. The molecule has 0 bridgehead atoms. The van der Waals surface area contributed by atoms with Crippen molar-refractivity contribution in [3.63, 3.8) is 0 Å². The summed E-state index contributed by atoms with van der Waals surface area (Å²) < 4.78 is 0. The first kappa shape index (κ1) is 21.0. The number of benzene rings is 3. The van der Waals surface area contributed by atoms with Gasteiger partial charge in [0.15, 0.2) is 0 Å². The number of fused-ring (bicyclic) bond motifs is 1. The van der Waals surface area contributed by atoms with Crippen LogP contribution in [0.2, 0.25) is 10.0 Å². The third-order valence-corrected chi connectivity index (χ3v) is 5.89. The quantitative estimate of drug-likeness (QED) is 0.313. The summed E-state index contributed by atoms with van der Waals surface area (Å²) in [5, 5.41) is 27.9. The molecule has 0 aliphatic heterocycles. The van der Waals surface area contributed by atoms with Crippen molar-refractivity contribution in [1.29, 1.82) is 0 Å². The Labute approximate surface area is 187 Å². The number of hydrogen-bond acceptors (Lipinski definition) is 5. The predicted molar refractivity (Wildman–Crippen MR) is 121 cm³/mol. The lowest BCUT2D eigenvalue weighted by Crippen LogP contribution is -2.21. The van der Waals surface area contributed by atoms with E-state index in [1.54, 1.807) is 12.1 Å². The van der Waals surface area contributed by atoms with Crippen LogP contribution in [0.5, 0.6) is 0 Å². The average Bonchev–Trinajstić information content (AvgIpc) is 3.12. The number of anilines is 3. The molecule has 1 aliphatic carbocycles. The molecule has 158 valence electrons. The molecule has 4 rings (SSSR count). The Kier molecular flexibility index (Phi) is 5.71. The molecule has 1 atom stereocenters. The van der Waals surface area contributed by atoms with E-state index in [1.165, 1.54) is 12.1 Å². The van der Waals surface area contributed by atoms with Gasteiger partial charge in [-0.15, -0.1) is 0 Å². The summed E-state index contributed by atoms with van der Waals surface area (Å²) in [6.07, 6.45) is 1.42. The highest BCUT2D eigenvalue weighted by Gasteiger charge is 2.24. The van der Waals surface area contributed by atoms with Gasteiger partial charge in [0.2, 0.25) is 0 Å². The fourth-order valence-electron chi connectivity index (χ4n) is 3.71. The van der Waals surface area contributed by atoms with Crippen molar-refractivity contribution < 1.29 is 14.8 Å². The number of aromatic carboxylic acids is 1. The topological polar surface area (TPSA) is 104 Å². The number of non-ortho nitro benzene ring substituents is 1. The number of nitrogens with zero attached hydrogens (tertiary/aromatic N) is 1. The van der Waals surface area contributed by atoms with E-state index in [0.29, 0.717) is 22.2 Å². The maximum atomic E-state index is 11.6. The second-order valence-corrected chi connectivity index (χ2v) is 8.09. The first-order chi connectivity index (χ1) is 14.8. The largest absolute Gasteiger partial charge is 0.478 e. The summed E-state index contributed by atoms with van der Waals surface area (Å²) in [6.45, 7) is 0. The summed E-state index contributed by atoms with van der Waals surface area (Å²) >= 11 is 12.0. The molecule has 0 fully saturated rings. The lowest BCUT2D eigenvalue weighted by atomic mass is 10.1. The van der Waals surface area contributed by atoms with E-state index in [4.69, 9.17) is 23.2 Å². The molecule has 9 heteroatoms. The SMILES string of the molecule is O=C(O)c1cc([N+](=O)[O-])ccc1NC1Cc2ccc(Nc3ccc(Cl)c(Cl)c3)cc2C1. The Morgan fingerprint density at radius 1 is 0.968 bits per heavy atom. The Morgan fingerprint density at radius 3 is 2.39 bits per heavy atom. The molecule has 1 aliphatic rings. The molecule has 0 saturated carbocycles. The van der Waals surface area contributed by atoms with Gasteiger partial charge in [0.25, 0.3) is 5.69 Å². The number of carboxylic acid groups (broad SMARTS) is 1. The number of rotatable bonds is 6. The third-order valence-electron chi connectivity index (χ3n) is 5.15. The number of nitro groups is 1. The molecule has 0 amide bonds. The van der Waals surface area contributed by atoms with Crippen LogP contribution in [0, 0.1) is 10.1 Å². The number of carbonyl (C=O) groups is 1. The molecule has 0 radical (unpaired) electrons. The van der Waals surface area contributed by atoms with Crippen LogP contribution in [0.15, 0.2) is 54.6 Å². The van der Waals surface area contributed by atoms with Gasteiger partial charge in [-0.3, -0.25) is 10.1 Å². The summed E-state index contributed by atoms with van der Waals surface area (Å²) in [5.74, 6) is -1.21. The van der Waals surface area contributed by atoms with Gasteiger partial charge in [-0.05, 0) is 60.4 Å². The maximum absolute atomic E-state index is 11.6. The van der Waals surface area contributed by atoms with Crippen molar-refractivity contribution in [2.75, 3.05) is 10.6 Å². The molecule has 7 nitrogen and oxygen atoms in total. The third kappa shape index (κ3) is 4.57. The molecule has 3 aromatic rings. The number of hydrogen-bond donors (Lipinski definition) is 3. The Bertz CT molecular complexity index is 1200. The van der Waals surface area contributed by atoms with Crippen LogP contribution in [-0.2, 0) is 12.8 Å². The zero-order valence-corrected chi connectivity index (χ0v) is 17.6. The van der Waals surface area contributed by atoms with E-state index in [-0.39, 0.29) is 17.3 Å². The van der Waals surface area contributed by atoms with Crippen LogP contribution < -0.4 is 10.6 Å². The summed E-state index contributed by atoms with van der Waals surface area (Å²) in [4.78, 5) is 21.9. The minimum Gasteiger partial charge on any atom is -0.478 e. The van der Waals surface area contributed by atoms with Crippen LogP contribution in [0.25, 0.3) is 0 Å². The van der Waals surface area contributed by atoms with E-state index in [9.17, 15) is 20.0 Å². The highest BCUT2D eigenvalue weighted by molar-refractivity contribution is 6.42. The summed E-state index contributed by atoms with van der Waals surface area (Å²) in [6, 6.07) is 15.2. The Balaban J connectivity index is 1.50. The van der Waals surface area contributed by atoms with E-state index in [0.717, 1.165) is 35.0 Å². The van der Waals surface area contributed by atoms with Crippen LogP contribution in [0.4, 0.5) is 22.7 Å². The molecule has 0 aromatic heterocycles. The van der Waals surface area contributed by atoms with Gasteiger partial charge in [-0.2, -0.15) is 0 Å². The average molecular weight is 458 g/mol. The zero-order chi connectivity index (χ0) is 22.1. The molecule has 31 heavy (non-hydrogen) atoms. The molecule has 3 N–H and O–H groups in total. The maximum Gasteiger partial charge on any atom is 0.338 e. The van der Waals surface area contributed by atoms with Gasteiger partial charge in [0, 0.05) is 35.2 Å². The Morgan fingerprint density at radius 2 is 1.68 bits per heavy atom. The minimum atomic E-state index is -1.21. The molecule has 0 spiro atoms. The Hall–Kier alpha value is -3.29. The van der Waals surface area contributed by atoms with Crippen molar-refractivity contribution in [1.82, 2.24) is 0 Å². The van der Waals surface area contributed by atoms with Crippen LogP contribution in [0.3, 0.4) is 0 Å². The van der Waals surface area contributed by atoms with Crippen LogP contribution in [0.1, 0.15) is 21.5 Å². The van der Waals surface area contributed by atoms with Crippen molar-refractivity contribution in [3.8, 4) is 0 Å². The minimum absolute atomic E-state index is 0.0187. The second kappa shape index (κ2) is 8.45. The van der Waals surface area contributed by atoms with Crippen LogP contribution >= 0.6 is 23.2 Å². The van der Waals surface area contributed by atoms with Gasteiger partial charge in [-0.1, -0.05) is 29.3 Å². The predicted octanol–water partition coefficient (Wildman–Crippen LogP) is 5.92. The van der Waals surface area contributed by atoms with Gasteiger partial charge in [-0.25, -0.2) is 4.79 Å². The number of halogens is 2. The lowest BCUT2D eigenvalue weighted by molar-refractivity contribution is -0.384. The molecule has 3 aromatic carbocycles. The number of nitro benzene ring substituents is 1. The van der Waals surface area contributed by atoms with E-state index in [2.05, 4.69) is 10.6 Å². The van der Waals surface area contributed by atoms with E-state index in [1.807, 2.05) is 24.3 Å². The van der Waals surface area contributed by atoms with Crippen molar-refractivity contribution in [2.45, 2.75) is 18.9 Å². The first-order valence-corrected chi connectivity index (χ1v) is 10.2. The second-order valence-electron chi connectivity index (χ2n) is 7.28. The monoisotopic (exact) mass is 457 g/mol. The molecule has 0 heterocycles. The number of carboxylic acids is 1. The lowest BCUT2D eigenvalue weighted by Gasteiger charge is -2.15. The van der Waals surface area contributed by atoms with E-state index < -0.39 is 10.9 Å². The number of nitrogens with one attached hydrogen (secondary N) is 2. The van der Waals surface area contributed by atoms with Gasteiger partial charge < -0.3 is 15.7 Å². The normalized spacial score (nSPS) is 14.7. The zero-order valence-electron chi connectivity index (χ0n) is 16.1. The van der Waals surface area contributed by atoms with Crippen LogP contribution in [-0.4, -0.2) is 22.0 Å². The van der Waals surface area contributed by atoms with Gasteiger partial charge in [0.1, 0.15) is 0 Å². The van der Waals surface area contributed by atoms with Crippen molar-refractivity contribution in [3.05, 3.63) is 91.4 Å². The van der Waals surface area contributed by atoms with Crippen molar-refractivity contribution >= 4 is 51.9 Å². The molecule has 0 saturated heterocycles. The standard InChI is InChI=1S/C22H17Cl2N3O4/c23-19-5-3-15(10-20(19)24)25-14-2-1-12-7-16(9-13(12)8-14)26-21-6-4-17(27(30)31)11-18(21)22(28)29/h1-6,8,10-11,16,25-26H,7,9H2,(H,28,29). The van der Waals surface area contributed by atoms with Gasteiger partial charge in [0.05, 0.1) is 20.5 Å². The highest BCUT2D eigenvalue weighted by atomic mass is 35.5.